The van der Waals surface area contributed by atoms with E-state index in [9.17, 15) is 15.0 Å². The molecule has 0 fully saturated rings. The number of phenols is 2. The zero-order valence-electron chi connectivity index (χ0n) is 11.8. The van der Waals surface area contributed by atoms with Crippen LogP contribution in [0, 0.1) is 0 Å². The van der Waals surface area contributed by atoms with Crippen molar-refractivity contribution in [3.8, 4) is 11.5 Å². The second kappa shape index (κ2) is 8.01. The minimum atomic E-state index is -0.673. The van der Waals surface area contributed by atoms with Crippen LogP contribution in [-0.2, 0) is 11.2 Å². The van der Waals surface area contributed by atoms with Gasteiger partial charge in [-0.25, -0.2) is 0 Å². The Balaban J connectivity index is 2.50. The molecule has 1 unspecified atom stereocenters. The second-order valence-corrected chi connectivity index (χ2v) is 6.02. The van der Waals surface area contributed by atoms with Crippen LogP contribution in [0.25, 0.3) is 0 Å². The van der Waals surface area contributed by atoms with Gasteiger partial charge in [-0.15, -0.1) is 0 Å². The first kappa shape index (κ1) is 16.7. The van der Waals surface area contributed by atoms with Crippen molar-refractivity contribution in [1.82, 2.24) is 5.32 Å². The Morgan fingerprint density at radius 3 is 2.70 bits per heavy atom. The Morgan fingerprint density at radius 2 is 2.10 bits per heavy atom. The van der Waals surface area contributed by atoms with Crippen molar-refractivity contribution >= 4 is 17.7 Å². The average molecular weight is 298 g/mol. The molecule has 0 aliphatic heterocycles. The Kier molecular flexibility index (Phi) is 6.67. The summed E-state index contributed by atoms with van der Waals surface area (Å²) in [5.74, 6) is 1.27. The highest BCUT2D eigenvalue weighted by Crippen LogP contribution is 2.25. The third-order valence-electron chi connectivity index (χ3n) is 2.79. The summed E-state index contributed by atoms with van der Waals surface area (Å²) in [5.41, 5.74) is 6.56. The lowest BCUT2D eigenvalue weighted by molar-refractivity contribution is -0.122. The lowest BCUT2D eigenvalue weighted by Crippen LogP contribution is -2.46. The number of thioether (sulfide) groups is 1. The fraction of sp³-hybridized carbons (Fsp3) is 0.500. The number of benzene rings is 1. The Bertz CT molecular complexity index is 454. The van der Waals surface area contributed by atoms with Gasteiger partial charge in [0.2, 0.25) is 5.91 Å². The molecule has 0 saturated heterocycles. The molecule has 1 amide bonds. The summed E-state index contributed by atoms with van der Waals surface area (Å²) in [7, 11) is 0. The van der Waals surface area contributed by atoms with Crippen LogP contribution >= 0.6 is 11.8 Å². The van der Waals surface area contributed by atoms with Gasteiger partial charge in [-0.05, 0) is 36.8 Å². The normalized spacial score (nSPS) is 13.8. The van der Waals surface area contributed by atoms with Gasteiger partial charge in [0.25, 0.3) is 0 Å². The zero-order valence-corrected chi connectivity index (χ0v) is 12.6. The number of hydrogen-bond donors (Lipinski definition) is 4. The maximum Gasteiger partial charge on any atom is 0.237 e. The highest BCUT2D eigenvalue weighted by atomic mass is 32.2. The highest BCUT2D eigenvalue weighted by Gasteiger charge is 2.16. The number of amides is 1. The molecular formula is C14H22N2O3S. The molecule has 0 radical (unpaired) electrons. The van der Waals surface area contributed by atoms with Crippen LogP contribution in [0.5, 0.6) is 11.5 Å². The summed E-state index contributed by atoms with van der Waals surface area (Å²) in [6.45, 7) is 4.02. The molecule has 0 aliphatic rings. The average Bonchev–Trinajstić information content (AvgIpc) is 2.40. The molecule has 5 nitrogen and oxygen atoms in total. The van der Waals surface area contributed by atoms with Gasteiger partial charge in [0.05, 0.1) is 6.04 Å². The number of hydrogen-bond acceptors (Lipinski definition) is 5. The van der Waals surface area contributed by atoms with Crippen LogP contribution in [0.4, 0.5) is 0 Å². The van der Waals surface area contributed by atoms with Gasteiger partial charge in [-0.1, -0.05) is 13.0 Å². The van der Waals surface area contributed by atoms with Gasteiger partial charge in [0, 0.05) is 11.8 Å². The predicted octanol–water partition coefficient (Wildman–Crippen LogP) is 1.23. The molecule has 0 spiro atoms. The first-order valence-electron chi connectivity index (χ1n) is 6.58. The molecule has 0 heterocycles. The Labute approximate surface area is 123 Å². The molecule has 0 aliphatic carbocycles. The van der Waals surface area contributed by atoms with Gasteiger partial charge in [0.15, 0.2) is 11.5 Å². The Morgan fingerprint density at radius 1 is 1.40 bits per heavy atom. The smallest absolute Gasteiger partial charge is 0.237 e. The fourth-order valence-electron chi connectivity index (χ4n) is 1.73. The van der Waals surface area contributed by atoms with E-state index in [4.69, 9.17) is 5.73 Å². The summed E-state index contributed by atoms with van der Waals surface area (Å²) in [6.07, 6.45) is 0.313. The first-order chi connectivity index (χ1) is 9.43. The lowest BCUT2D eigenvalue weighted by Gasteiger charge is -2.17. The third-order valence-corrected chi connectivity index (χ3v) is 3.94. The van der Waals surface area contributed by atoms with Crippen molar-refractivity contribution in [1.29, 1.82) is 0 Å². The number of carbonyl (C=O) groups is 1. The van der Waals surface area contributed by atoms with Crippen molar-refractivity contribution < 1.29 is 15.0 Å². The van der Waals surface area contributed by atoms with E-state index in [0.29, 0.717) is 12.0 Å². The van der Waals surface area contributed by atoms with Crippen LogP contribution < -0.4 is 11.1 Å². The molecule has 0 saturated carbocycles. The minimum absolute atomic E-state index is 0.0757. The predicted molar refractivity (Wildman–Crippen MR) is 82.1 cm³/mol. The topological polar surface area (TPSA) is 95.6 Å². The third kappa shape index (κ3) is 5.30. The number of rotatable bonds is 7. The largest absolute Gasteiger partial charge is 0.504 e. The number of phenolic OH excluding ortho intramolecular Hbond substituents is 2. The molecule has 1 aromatic rings. The SMILES string of the molecule is CCSCC(C)NC(=O)[C@@H](N)Cc1ccc(O)c(O)c1. The molecule has 2 atom stereocenters. The summed E-state index contributed by atoms with van der Waals surface area (Å²) in [4.78, 5) is 11.9. The number of carbonyl (C=O) groups excluding carboxylic acids is 1. The highest BCUT2D eigenvalue weighted by molar-refractivity contribution is 7.99. The molecule has 1 aromatic carbocycles. The van der Waals surface area contributed by atoms with E-state index in [1.54, 1.807) is 17.8 Å². The number of aromatic hydroxyl groups is 2. The second-order valence-electron chi connectivity index (χ2n) is 4.70. The van der Waals surface area contributed by atoms with E-state index in [2.05, 4.69) is 12.2 Å². The fourth-order valence-corrected chi connectivity index (χ4v) is 2.40. The number of nitrogens with two attached hydrogens (primary N) is 1. The van der Waals surface area contributed by atoms with E-state index >= 15 is 0 Å². The minimum Gasteiger partial charge on any atom is -0.504 e. The lowest BCUT2D eigenvalue weighted by atomic mass is 10.1. The van der Waals surface area contributed by atoms with E-state index in [1.165, 1.54) is 12.1 Å². The van der Waals surface area contributed by atoms with Crippen LogP contribution in [-0.4, -0.2) is 39.7 Å². The number of nitrogens with one attached hydrogen (secondary N) is 1. The van der Waals surface area contributed by atoms with Crippen LogP contribution in [0.2, 0.25) is 0 Å². The zero-order chi connectivity index (χ0) is 15.1. The molecule has 5 N–H and O–H groups in total. The van der Waals surface area contributed by atoms with Crippen molar-refractivity contribution in [3.63, 3.8) is 0 Å². The van der Waals surface area contributed by atoms with Gasteiger partial charge in [0.1, 0.15) is 0 Å². The standard InChI is InChI=1S/C14H22N2O3S/c1-3-20-8-9(2)16-14(19)11(15)6-10-4-5-12(17)13(18)7-10/h4-5,7,9,11,17-18H,3,6,8,15H2,1-2H3,(H,16,19)/t9?,11-/m0/s1. The van der Waals surface area contributed by atoms with Gasteiger partial charge in [-0.3, -0.25) is 4.79 Å². The van der Waals surface area contributed by atoms with Crippen molar-refractivity contribution in [2.75, 3.05) is 11.5 Å². The van der Waals surface area contributed by atoms with Crippen LogP contribution in [0.3, 0.4) is 0 Å². The molecule has 0 aromatic heterocycles. The van der Waals surface area contributed by atoms with E-state index in [1.807, 2.05) is 6.92 Å². The van der Waals surface area contributed by atoms with Crippen LogP contribution in [0.15, 0.2) is 18.2 Å². The molecular weight excluding hydrogens is 276 g/mol. The molecule has 112 valence electrons. The maximum absolute atomic E-state index is 11.9. The molecule has 6 heteroatoms. The summed E-state index contributed by atoms with van der Waals surface area (Å²) >= 11 is 1.76. The molecule has 20 heavy (non-hydrogen) atoms. The van der Waals surface area contributed by atoms with Gasteiger partial charge in [-0.2, -0.15) is 11.8 Å². The van der Waals surface area contributed by atoms with E-state index in [0.717, 1.165) is 11.5 Å². The van der Waals surface area contributed by atoms with Gasteiger partial charge < -0.3 is 21.3 Å². The maximum atomic E-state index is 11.9. The van der Waals surface area contributed by atoms with Gasteiger partial charge >= 0.3 is 0 Å². The summed E-state index contributed by atoms with van der Waals surface area (Å²) in [5, 5.41) is 21.5. The quantitative estimate of drug-likeness (QED) is 0.568. The monoisotopic (exact) mass is 298 g/mol. The van der Waals surface area contributed by atoms with Crippen LogP contribution in [0.1, 0.15) is 19.4 Å². The van der Waals surface area contributed by atoms with Crippen molar-refractivity contribution in [2.24, 2.45) is 5.73 Å². The van der Waals surface area contributed by atoms with E-state index < -0.39 is 6.04 Å². The molecule has 0 bridgehead atoms. The van der Waals surface area contributed by atoms with E-state index in [-0.39, 0.29) is 23.4 Å². The van der Waals surface area contributed by atoms with Crippen molar-refractivity contribution in [2.45, 2.75) is 32.4 Å². The summed E-state index contributed by atoms with van der Waals surface area (Å²) < 4.78 is 0. The Hall–Kier alpha value is -1.40. The first-order valence-corrected chi connectivity index (χ1v) is 7.74. The van der Waals surface area contributed by atoms with Crippen molar-refractivity contribution in [3.05, 3.63) is 23.8 Å². The summed E-state index contributed by atoms with van der Waals surface area (Å²) in [6, 6.07) is 3.84. The molecule has 1 rings (SSSR count).